The minimum absolute atomic E-state index is 0.124. The minimum atomic E-state index is -0.500. The third-order valence-electron chi connectivity index (χ3n) is 5.93. The van der Waals surface area contributed by atoms with Gasteiger partial charge in [0, 0.05) is 16.3 Å². The Labute approximate surface area is 183 Å². The van der Waals surface area contributed by atoms with Crippen LogP contribution in [0.1, 0.15) is 30.7 Å². The molecule has 8 nitrogen and oxygen atoms in total. The van der Waals surface area contributed by atoms with Gasteiger partial charge in [-0.3, -0.25) is 9.89 Å². The van der Waals surface area contributed by atoms with Crippen molar-refractivity contribution in [2.75, 3.05) is 19.0 Å². The maximum absolute atomic E-state index is 12.5. The normalized spacial score (nSPS) is 18.2. The molecule has 3 aromatic heterocycles. The van der Waals surface area contributed by atoms with Crippen LogP contribution in [0.3, 0.4) is 0 Å². The largest absolute Gasteiger partial charge is 0.494 e. The van der Waals surface area contributed by atoms with Crippen LogP contribution in [0, 0.1) is 5.41 Å². The summed E-state index contributed by atoms with van der Waals surface area (Å²) in [5.74, 6) is 1.31. The lowest BCUT2D eigenvalue weighted by Crippen LogP contribution is -2.35. The Kier molecular flexibility index (Phi) is 4.77. The third-order valence-corrected chi connectivity index (χ3v) is 7.07. The Morgan fingerprint density at radius 3 is 3.03 bits per heavy atom. The topological polar surface area (TPSA) is 102 Å². The summed E-state index contributed by atoms with van der Waals surface area (Å²) in [6, 6.07) is 3.90. The van der Waals surface area contributed by atoms with Crippen LogP contribution < -0.4 is 10.1 Å². The molecule has 0 bridgehead atoms. The summed E-state index contributed by atoms with van der Waals surface area (Å²) >= 11 is 1.63. The molecule has 160 valence electrons. The lowest BCUT2D eigenvalue weighted by atomic mass is 9.75. The number of fused-ring (bicyclic) bond motifs is 4. The van der Waals surface area contributed by atoms with E-state index in [-0.39, 0.29) is 5.97 Å². The van der Waals surface area contributed by atoms with Crippen molar-refractivity contribution in [3.8, 4) is 5.75 Å². The summed E-state index contributed by atoms with van der Waals surface area (Å²) in [6.45, 7) is 4.24. The zero-order chi connectivity index (χ0) is 21.6. The van der Waals surface area contributed by atoms with Gasteiger partial charge in [-0.2, -0.15) is 5.10 Å². The van der Waals surface area contributed by atoms with E-state index in [1.165, 1.54) is 10.4 Å². The fourth-order valence-electron chi connectivity index (χ4n) is 4.23. The molecule has 1 atom stereocenters. The number of aromatic amines is 1. The van der Waals surface area contributed by atoms with E-state index in [0.29, 0.717) is 18.8 Å². The van der Waals surface area contributed by atoms with Crippen molar-refractivity contribution < 1.29 is 14.3 Å². The molecule has 0 amide bonds. The standard InChI is InChI=1S/C22H23N5O3S/c1-4-30-21(28)22(2)6-5-13-17(9-22)31-20-18(13)19(23-11-24-20)26-15-7-12-10-25-27-14(12)8-16(15)29-3/h7-8,10-11H,4-6,9H2,1-3H3,(H,25,27)(H,23,24,26)/t22-/m0/s1. The summed E-state index contributed by atoms with van der Waals surface area (Å²) in [5, 5.41) is 12.5. The van der Waals surface area contributed by atoms with Crippen LogP contribution in [0.5, 0.6) is 5.75 Å². The second-order valence-electron chi connectivity index (χ2n) is 8.00. The number of aromatic nitrogens is 4. The highest BCUT2D eigenvalue weighted by Crippen LogP contribution is 2.45. The van der Waals surface area contributed by atoms with Gasteiger partial charge < -0.3 is 14.8 Å². The Hall–Kier alpha value is -3.20. The van der Waals surface area contributed by atoms with Gasteiger partial charge in [-0.1, -0.05) is 0 Å². The zero-order valence-electron chi connectivity index (χ0n) is 17.6. The smallest absolute Gasteiger partial charge is 0.312 e. The van der Waals surface area contributed by atoms with Crippen molar-refractivity contribution >= 4 is 49.9 Å². The SMILES string of the molecule is CCOC(=O)[C@@]1(C)CCc2c(sc3ncnc(Nc4cc5cn[nH]c5cc4OC)c23)C1. The van der Waals surface area contributed by atoms with Crippen molar-refractivity contribution in [2.24, 2.45) is 5.41 Å². The molecule has 0 aliphatic heterocycles. The zero-order valence-corrected chi connectivity index (χ0v) is 18.4. The number of nitrogens with one attached hydrogen (secondary N) is 2. The molecule has 0 radical (unpaired) electrons. The monoisotopic (exact) mass is 437 g/mol. The highest BCUT2D eigenvalue weighted by Gasteiger charge is 2.40. The van der Waals surface area contributed by atoms with Crippen molar-refractivity contribution in [1.29, 1.82) is 0 Å². The molecule has 0 spiro atoms. The van der Waals surface area contributed by atoms with Crippen LogP contribution in [0.15, 0.2) is 24.7 Å². The van der Waals surface area contributed by atoms with Crippen LogP contribution in [0.4, 0.5) is 11.5 Å². The van der Waals surface area contributed by atoms with E-state index in [1.807, 2.05) is 26.0 Å². The summed E-state index contributed by atoms with van der Waals surface area (Å²) in [7, 11) is 1.64. The quantitative estimate of drug-likeness (QED) is 0.447. The molecule has 1 aliphatic carbocycles. The molecule has 0 saturated carbocycles. The van der Waals surface area contributed by atoms with E-state index in [1.54, 1.807) is 31.0 Å². The first-order chi connectivity index (χ1) is 15.0. The van der Waals surface area contributed by atoms with Gasteiger partial charge in [0.25, 0.3) is 0 Å². The number of esters is 1. The second-order valence-corrected chi connectivity index (χ2v) is 9.08. The molecule has 1 aliphatic rings. The highest BCUT2D eigenvalue weighted by atomic mass is 32.1. The fraction of sp³-hybridized carbons (Fsp3) is 0.364. The Morgan fingerprint density at radius 1 is 1.35 bits per heavy atom. The fourth-order valence-corrected chi connectivity index (χ4v) is 5.60. The molecular formula is C22H23N5O3S. The molecule has 2 N–H and O–H groups in total. The van der Waals surface area contributed by atoms with Gasteiger partial charge in [-0.05, 0) is 44.7 Å². The maximum Gasteiger partial charge on any atom is 0.312 e. The number of carbonyl (C=O) groups is 1. The molecule has 9 heteroatoms. The molecule has 5 rings (SSSR count). The van der Waals surface area contributed by atoms with Crippen LogP contribution in [-0.2, 0) is 22.4 Å². The van der Waals surface area contributed by atoms with Gasteiger partial charge in [0.2, 0.25) is 0 Å². The predicted molar refractivity (Wildman–Crippen MR) is 120 cm³/mol. The number of carbonyl (C=O) groups excluding carboxylic acids is 1. The van der Waals surface area contributed by atoms with Gasteiger partial charge in [-0.15, -0.1) is 11.3 Å². The number of ether oxygens (including phenoxy) is 2. The molecular weight excluding hydrogens is 414 g/mol. The molecule has 31 heavy (non-hydrogen) atoms. The highest BCUT2D eigenvalue weighted by molar-refractivity contribution is 7.19. The number of hydrogen-bond donors (Lipinski definition) is 2. The van der Waals surface area contributed by atoms with Gasteiger partial charge in [0.15, 0.2) is 0 Å². The number of thiophene rings is 1. The number of methoxy groups -OCH3 is 1. The molecule has 0 unspecified atom stereocenters. The van der Waals surface area contributed by atoms with E-state index in [2.05, 4.69) is 25.5 Å². The molecule has 4 aromatic rings. The van der Waals surface area contributed by atoms with E-state index in [9.17, 15) is 4.79 Å². The number of anilines is 2. The first kappa shape index (κ1) is 19.7. The first-order valence-electron chi connectivity index (χ1n) is 10.2. The maximum atomic E-state index is 12.5. The number of nitrogens with zero attached hydrogens (tertiary/aromatic N) is 3. The van der Waals surface area contributed by atoms with E-state index in [0.717, 1.165) is 45.5 Å². The van der Waals surface area contributed by atoms with Crippen molar-refractivity contribution in [3.63, 3.8) is 0 Å². The van der Waals surface area contributed by atoms with E-state index >= 15 is 0 Å². The van der Waals surface area contributed by atoms with E-state index < -0.39 is 5.41 Å². The average Bonchev–Trinajstić information content (AvgIpc) is 3.36. The van der Waals surface area contributed by atoms with Gasteiger partial charge in [-0.25, -0.2) is 9.97 Å². The lowest BCUT2D eigenvalue weighted by Gasteiger charge is -2.31. The van der Waals surface area contributed by atoms with Crippen molar-refractivity contribution in [3.05, 3.63) is 35.1 Å². The molecule has 0 saturated heterocycles. The molecule has 1 aromatic carbocycles. The van der Waals surface area contributed by atoms with Crippen LogP contribution in [0.2, 0.25) is 0 Å². The van der Waals surface area contributed by atoms with Crippen LogP contribution in [0.25, 0.3) is 21.1 Å². The Morgan fingerprint density at radius 2 is 2.23 bits per heavy atom. The average molecular weight is 438 g/mol. The third kappa shape index (κ3) is 3.29. The summed E-state index contributed by atoms with van der Waals surface area (Å²) in [4.78, 5) is 23.7. The molecule has 3 heterocycles. The minimum Gasteiger partial charge on any atom is -0.494 e. The summed E-state index contributed by atoms with van der Waals surface area (Å²) in [6.07, 6.45) is 5.53. The Balaban J connectivity index is 1.55. The lowest BCUT2D eigenvalue weighted by molar-refractivity contribution is -0.155. The van der Waals surface area contributed by atoms with Gasteiger partial charge in [0.1, 0.15) is 22.7 Å². The van der Waals surface area contributed by atoms with Gasteiger partial charge >= 0.3 is 5.97 Å². The summed E-state index contributed by atoms with van der Waals surface area (Å²) in [5.41, 5.74) is 2.43. The van der Waals surface area contributed by atoms with E-state index in [4.69, 9.17) is 9.47 Å². The number of rotatable bonds is 5. The Bertz CT molecular complexity index is 1300. The second kappa shape index (κ2) is 7.49. The number of hydrogen-bond acceptors (Lipinski definition) is 8. The number of aryl methyl sites for hydroxylation is 1. The summed E-state index contributed by atoms with van der Waals surface area (Å²) < 4.78 is 10.9. The predicted octanol–water partition coefficient (Wildman–Crippen LogP) is 4.38. The number of benzene rings is 1. The van der Waals surface area contributed by atoms with Crippen LogP contribution >= 0.6 is 11.3 Å². The van der Waals surface area contributed by atoms with Crippen molar-refractivity contribution in [2.45, 2.75) is 33.1 Å². The first-order valence-corrected chi connectivity index (χ1v) is 11.0. The van der Waals surface area contributed by atoms with Crippen LogP contribution in [-0.4, -0.2) is 39.9 Å². The number of H-pyrrole nitrogens is 1. The van der Waals surface area contributed by atoms with Crippen molar-refractivity contribution in [1.82, 2.24) is 20.2 Å². The molecule has 0 fully saturated rings. The van der Waals surface area contributed by atoms with Gasteiger partial charge in [0.05, 0.1) is 41.9 Å².